The van der Waals surface area contributed by atoms with E-state index >= 15 is 0 Å². The second-order valence-corrected chi connectivity index (χ2v) is 5.72. The third-order valence-electron chi connectivity index (χ3n) is 2.24. The van der Waals surface area contributed by atoms with Crippen LogP contribution < -0.4 is 5.11 Å². The number of nitrogens with zero attached hydrogens (tertiary/aromatic N) is 2. The van der Waals surface area contributed by atoms with Gasteiger partial charge in [-0.15, -0.1) is 0 Å². The van der Waals surface area contributed by atoms with Crippen molar-refractivity contribution in [3.63, 3.8) is 0 Å². The molecule has 0 unspecified atom stereocenters. The smallest absolute Gasteiger partial charge is 0.157 e. The molecule has 0 N–H and O–H groups in total. The lowest BCUT2D eigenvalue weighted by atomic mass is 10.2. The highest BCUT2D eigenvalue weighted by molar-refractivity contribution is 7.94. The highest BCUT2D eigenvalue weighted by Crippen LogP contribution is 2.08. The zero-order valence-corrected chi connectivity index (χ0v) is 13.0. The van der Waals surface area contributed by atoms with Gasteiger partial charge in [-0.05, 0) is 6.08 Å². The number of thiol groups is 2. The molecule has 1 aromatic carbocycles. The van der Waals surface area contributed by atoms with Gasteiger partial charge >= 0.3 is 0 Å². The molecule has 0 aliphatic rings. The van der Waals surface area contributed by atoms with E-state index < -0.39 is 6.09 Å². The molecule has 4 nitrogen and oxygen atoms in total. The van der Waals surface area contributed by atoms with Gasteiger partial charge in [0.25, 0.3) is 0 Å². The molecule has 0 atom stereocenters. The van der Waals surface area contributed by atoms with E-state index in [1.165, 1.54) is 5.56 Å². The Balaban J connectivity index is 0.000000459. The van der Waals surface area contributed by atoms with Crippen LogP contribution in [0.25, 0.3) is 0 Å². The summed E-state index contributed by atoms with van der Waals surface area (Å²) in [5, 5.41) is 9.36. The first-order valence-corrected chi connectivity index (χ1v) is 6.44. The molecule has 1 rings (SSSR count). The molecule has 19 heavy (non-hydrogen) atoms. The predicted molar refractivity (Wildman–Crippen MR) is 82.5 cm³/mol. The van der Waals surface area contributed by atoms with Crippen LogP contribution in [-0.2, 0) is 6.54 Å². The Morgan fingerprint density at radius 3 is 2.21 bits per heavy atom. The maximum absolute atomic E-state index is 9.36. The molecular formula is C13H20N2O2S2. The van der Waals surface area contributed by atoms with E-state index in [-0.39, 0.29) is 0 Å². The molecule has 106 valence electrons. The molecule has 0 fully saturated rings. The summed E-state index contributed by atoms with van der Waals surface area (Å²) in [5.74, 6) is 0. The molecule has 6 heteroatoms. The average molecular weight is 300 g/mol. The van der Waals surface area contributed by atoms with Crippen LogP contribution in [-0.4, -0.2) is 34.9 Å². The molecule has 0 bridgehead atoms. The summed E-state index contributed by atoms with van der Waals surface area (Å²) in [7, 11) is 4.43. The Morgan fingerprint density at radius 2 is 1.84 bits per heavy atom. The van der Waals surface area contributed by atoms with Crippen LogP contribution in [0.5, 0.6) is 0 Å². The number of amides is 1. The number of hydrogen-bond donors (Lipinski definition) is 2. The SMILES string of the molecule is C=CC[N+](C)(C)Cc1ccccc1.O=C([O-])N(S)S. The van der Waals surface area contributed by atoms with Crippen molar-refractivity contribution in [2.24, 2.45) is 0 Å². The van der Waals surface area contributed by atoms with Gasteiger partial charge in [0.1, 0.15) is 6.54 Å². The third-order valence-corrected chi connectivity index (χ3v) is 2.57. The van der Waals surface area contributed by atoms with Crippen molar-refractivity contribution < 1.29 is 14.4 Å². The van der Waals surface area contributed by atoms with Crippen molar-refractivity contribution in [2.75, 3.05) is 20.6 Å². The summed E-state index contributed by atoms with van der Waals surface area (Å²) in [5.41, 5.74) is 1.38. The van der Waals surface area contributed by atoms with Gasteiger partial charge in [-0.2, -0.15) is 0 Å². The second kappa shape index (κ2) is 8.90. The van der Waals surface area contributed by atoms with Gasteiger partial charge in [0.2, 0.25) is 0 Å². The third kappa shape index (κ3) is 9.47. The van der Waals surface area contributed by atoms with Crippen molar-refractivity contribution in [2.45, 2.75) is 6.54 Å². The number of carbonyl (C=O) groups excluding carboxylic acids is 1. The van der Waals surface area contributed by atoms with Gasteiger partial charge in [-0.25, -0.2) is 3.71 Å². The van der Waals surface area contributed by atoms with Crippen molar-refractivity contribution >= 4 is 31.7 Å². The number of benzene rings is 1. The van der Waals surface area contributed by atoms with Crippen molar-refractivity contribution in [3.05, 3.63) is 48.6 Å². The second-order valence-electron chi connectivity index (χ2n) is 4.61. The van der Waals surface area contributed by atoms with Gasteiger partial charge in [0, 0.05) is 5.56 Å². The van der Waals surface area contributed by atoms with E-state index in [1.54, 1.807) is 0 Å². The minimum absolute atomic E-state index is 0.361. The normalized spacial score (nSPS) is 10.1. The lowest BCUT2D eigenvalue weighted by molar-refractivity contribution is -0.897. The Kier molecular flexibility index (Phi) is 8.38. The fourth-order valence-corrected chi connectivity index (χ4v) is 1.49. The molecular weight excluding hydrogens is 280 g/mol. The van der Waals surface area contributed by atoms with Gasteiger partial charge in [-0.3, -0.25) is 0 Å². The van der Waals surface area contributed by atoms with Crippen LogP contribution in [0.3, 0.4) is 0 Å². The topological polar surface area (TPSA) is 43.4 Å². The van der Waals surface area contributed by atoms with Gasteiger partial charge in [0.15, 0.2) is 6.09 Å². The summed E-state index contributed by atoms with van der Waals surface area (Å²) in [6.45, 7) is 5.84. The van der Waals surface area contributed by atoms with Crippen LogP contribution in [0.2, 0.25) is 0 Å². The summed E-state index contributed by atoms with van der Waals surface area (Å²) < 4.78 is 1.33. The lowest BCUT2D eigenvalue weighted by Gasteiger charge is -2.28. The molecule has 1 amide bonds. The first-order valence-electron chi connectivity index (χ1n) is 5.64. The van der Waals surface area contributed by atoms with E-state index in [1.807, 2.05) is 6.08 Å². The van der Waals surface area contributed by atoms with E-state index in [2.05, 4.69) is 76.6 Å². The molecule has 0 heterocycles. The van der Waals surface area contributed by atoms with Crippen LogP contribution >= 0.6 is 25.6 Å². The van der Waals surface area contributed by atoms with Crippen LogP contribution in [0.15, 0.2) is 43.0 Å². The zero-order valence-electron chi connectivity index (χ0n) is 11.2. The fourth-order valence-electron chi connectivity index (χ4n) is 1.49. The number of quaternary nitrogens is 1. The molecule has 0 saturated carbocycles. The number of likely N-dealkylation sites (N-methyl/N-ethyl adjacent to an activating group) is 1. The lowest BCUT2D eigenvalue weighted by Crippen LogP contribution is -2.38. The number of carboxylic acid groups (broad SMARTS) is 1. The monoisotopic (exact) mass is 300 g/mol. The summed E-state index contributed by atoms with van der Waals surface area (Å²) in [6, 6.07) is 10.6. The number of rotatable bonds is 4. The first kappa shape index (κ1) is 17.9. The molecule has 0 spiro atoms. The van der Waals surface area contributed by atoms with Gasteiger partial charge < -0.3 is 14.4 Å². The molecule has 0 saturated heterocycles. The maximum Gasteiger partial charge on any atom is 0.157 e. The minimum Gasteiger partial charge on any atom is -0.529 e. The Hall–Kier alpha value is -1.11. The van der Waals surface area contributed by atoms with Gasteiger partial charge in [-0.1, -0.05) is 62.5 Å². The minimum atomic E-state index is -1.43. The summed E-state index contributed by atoms with van der Waals surface area (Å²) >= 11 is 6.46. The van der Waals surface area contributed by atoms with Crippen LogP contribution in [0.1, 0.15) is 5.56 Å². The van der Waals surface area contributed by atoms with E-state index in [0.29, 0.717) is 3.71 Å². The zero-order chi connectivity index (χ0) is 14.9. The molecule has 0 aliphatic carbocycles. The van der Waals surface area contributed by atoms with Crippen LogP contribution in [0.4, 0.5) is 4.79 Å². The molecule has 0 aliphatic heterocycles. The largest absolute Gasteiger partial charge is 0.529 e. The number of hydrogen-bond acceptors (Lipinski definition) is 4. The summed E-state index contributed by atoms with van der Waals surface area (Å²) in [6.07, 6.45) is 0.546. The van der Waals surface area contributed by atoms with Gasteiger partial charge in [0.05, 0.1) is 20.6 Å². The quantitative estimate of drug-likeness (QED) is 0.506. The molecule has 0 radical (unpaired) electrons. The summed E-state index contributed by atoms with van der Waals surface area (Å²) in [4.78, 5) is 9.36. The van der Waals surface area contributed by atoms with Crippen molar-refractivity contribution in [1.82, 2.24) is 3.71 Å². The van der Waals surface area contributed by atoms with Crippen molar-refractivity contribution in [3.8, 4) is 0 Å². The molecule has 0 aromatic heterocycles. The van der Waals surface area contributed by atoms with E-state index in [9.17, 15) is 9.90 Å². The highest BCUT2D eigenvalue weighted by Gasteiger charge is 2.12. The average Bonchev–Trinajstić information content (AvgIpc) is 2.30. The molecule has 1 aromatic rings. The van der Waals surface area contributed by atoms with Crippen LogP contribution in [0, 0.1) is 0 Å². The Morgan fingerprint density at radius 1 is 1.37 bits per heavy atom. The fraction of sp³-hybridized carbons (Fsp3) is 0.308. The highest BCUT2D eigenvalue weighted by atomic mass is 32.2. The Labute approximate surface area is 126 Å². The van der Waals surface area contributed by atoms with E-state index in [0.717, 1.165) is 17.6 Å². The van der Waals surface area contributed by atoms with Crippen molar-refractivity contribution in [1.29, 1.82) is 0 Å². The Bertz CT molecular complexity index is 395. The standard InChI is InChI=1S/C12H18N.CH3NO2S2/c1-4-10-13(2,3)11-12-8-6-5-7-9-12;3-1(4)2(5)6/h4-9H,1,10-11H2,2-3H3;5-6H,(H,3,4)/q+1;/p-1. The van der Waals surface area contributed by atoms with E-state index in [4.69, 9.17) is 0 Å². The first-order chi connectivity index (χ1) is 8.78. The number of carbonyl (C=O) groups is 1. The predicted octanol–water partition coefficient (Wildman–Crippen LogP) is 1.77. The maximum atomic E-state index is 9.36.